The summed E-state index contributed by atoms with van der Waals surface area (Å²) in [6.07, 6.45) is 6.73. The molecular formula is C33H45N3O3S. The predicted octanol–water partition coefficient (Wildman–Crippen LogP) is 5.69. The van der Waals surface area contributed by atoms with Crippen molar-refractivity contribution in [2.45, 2.75) is 67.4 Å². The molecule has 3 fully saturated rings. The number of piperidine rings is 1. The molecule has 6 nitrogen and oxygen atoms in total. The lowest BCUT2D eigenvalue weighted by atomic mass is 9.63. The summed E-state index contributed by atoms with van der Waals surface area (Å²) in [6.45, 7) is 8.10. The highest BCUT2D eigenvalue weighted by molar-refractivity contribution is 7.92. The van der Waals surface area contributed by atoms with E-state index in [0.29, 0.717) is 29.3 Å². The highest BCUT2D eigenvalue weighted by atomic mass is 32.2. The quantitative estimate of drug-likeness (QED) is 0.312. The van der Waals surface area contributed by atoms with Crippen LogP contribution in [0.25, 0.3) is 0 Å². The Bertz CT molecular complexity index is 1240. The number of hydrogen-bond donors (Lipinski definition) is 0. The van der Waals surface area contributed by atoms with Crippen LogP contribution in [0.3, 0.4) is 0 Å². The van der Waals surface area contributed by atoms with Crippen LogP contribution in [0.1, 0.15) is 57.4 Å². The molecule has 0 bridgehead atoms. The highest BCUT2D eigenvalue weighted by Crippen LogP contribution is 2.44. The zero-order valence-corrected chi connectivity index (χ0v) is 25.0. The fraction of sp³-hybridized carbons (Fsp3) is 0.606. The molecule has 0 amide bonds. The number of hydrogen-bond acceptors (Lipinski definition) is 6. The van der Waals surface area contributed by atoms with Gasteiger partial charge in [0.05, 0.1) is 21.6 Å². The van der Waals surface area contributed by atoms with Gasteiger partial charge >= 0.3 is 0 Å². The van der Waals surface area contributed by atoms with Crippen LogP contribution >= 0.6 is 0 Å². The van der Waals surface area contributed by atoms with Crippen LogP contribution in [0.2, 0.25) is 0 Å². The Hall–Kier alpha value is -2.40. The first-order chi connectivity index (χ1) is 19.4. The van der Waals surface area contributed by atoms with Crippen molar-refractivity contribution in [1.29, 1.82) is 5.26 Å². The molecule has 7 heteroatoms. The normalized spacial score (nSPS) is 21.4. The van der Waals surface area contributed by atoms with Gasteiger partial charge in [0.25, 0.3) is 0 Å². The molecule has 2 atom stereocenters. The maximum Gasteiger partial charge on any atom is 0.181 e. The molecule has 2 aliphatic heterocycles. The lowest BCUT2D eigenvalue weighted by Gasteiger charge is -2.46. The van der Waals surface area contributed by atoms with E-state index in [4.69, 9.17) is 4.74 Å². The van der Waals surface area contributed by atoms with Crippen molar-refractivity contribution in [3.8, 4) is 6.07 Å². The van der Waals surface area contributed by atoms with Crippen molar-refractivity contribution in [3.63, 3.8) is 0 Å². The highest BCUT2D eigenvalue weighted by Gasteiger charge is 2.44. The van der Waals surface area contributed by atoms with Gasteiger partial charge in [-0.1, -0.05) is 43.7 Å². The molecule has 2 saturated heterocycles. The summed E-state index contributed by atoms with van der Waals surface area (Å²) in [5.41, 5.74) is 1.81. The summed E-state index contributed by atoms with van der Waals surface area (Å²) in [5, 5.41) is 10.5. The van der Waals surface area contributed by atoms with Gasteiger partial charge in [0, 0.05) is 45.0 Å². The van der Waals surface area contributed by atoms with Crippen LogP contribution in [0.15, 0.2) is 59.5 Å². The van der Waals surface area contributed by atoms with Crippen molar-refractivity contribution in [2.24, 2.45) is 17.8 Å². The van der Waals surface area contributed by atoms with Gasteiger partial charge in [-0.25, -0.2) is 8.42 Å². The first-order valence-electron chi connectivity index (χ1n) is 15.2. The minimum atomic E-state index is -3.13. The molecular weight excluding hydrogens is 518 g/mol. The Balaban J connectivity index is 1.16. The van der Waals surface area contributed by atoms with Crippen LogP contribution in [-0.2, 0) is 20.0 Å². The second kappa shape index (κ2) is 12.6. The number of likely N-dealkylation sites (tertiary alicyclic amines) is 1. The molecule has 3 aliphatic rings. The van der Waals surface area contributed by atoms with Gasteiger partial charge < -0.3 is 14.5 Å². The van der Waals surface area contributed by atoms with Gasteiger partial charge in [-0.2, -0.15) is 5.26 Å². The molecule has 1 saturated carbocycles. The Morgan fingerprint density at radius 3 is 2.27 bits per heavy atom. The van der Waals surface area contributed by atoms with Crippen molar-refractivity contribution < 1.29 is 13.2 Å². The van der Waals surface area contributed by atoms with Crippen LogP contribution in [0, 0.1) is 29.1 Å². The first-order valence-corrected chi connectivity index (χ1v) is 16.7. The molecule has 0 radical (unpaired) electrons. The SMILES string of the molecule is CCC[C@H](COC)CC(C#N)(c1ccccc1)C1CCN(CC2CN(c3ccc(S(=O)(=O)C4CC4)cc3)C2)CC1. The van der Waals surface area contributed by atoms with Gasteiger partial charge in [0.2, 0.25) is 0 Å². The molecule has 0 spiro atoms. The second-order valence-electron chi connectivity index (χ2n) is 12.3. The van der Waals surface area contributed by atoms with E-state index < -0.39 is 15.3 Å². The van der Waals surface area contributed by atoms with E-state index in [2.05, 4.69) is 47.1 Å². The molecule has 1 unspecified atom stereocenters. The molecule has 2 aromatic carbocycles. The maximum absolute atomic E-state index is 12.5. The van der Waals surface area contributed by atoms with Crippen LogP contribution in [0.4, 0.5) is 5.69 Å². The predicted molar refractivity (Wildman–Crippen MR) is 160 cm³/mol. The number of anilines is 1. The fourth-order valence-corrected chi connectivity index (χ4v) is 8.74. The minimum Gasteiger partial charge on any atom is -0.384 e. The minimum absolute atomic E-state index is 0.162. The molecule has 216 valence electrons. The van der Waals surface area contributed by atoms with Crippen LogP contribution < -0.4 is 4.90 Å². The fourth-order valence-electron chi connectivity index (χ4n) is 7.09. The standard InChI is InChI=1S/C33H45N3O3S/c1-3-7-26(24-39-2)20-33(25-34,28-8-5-4-6-9-28)29-16-18-35(19-17-29)21-27-22-36(23-27)30-10-12-31(13-11-30)40(37,38)32-14-15-32/h4-6,8-13,26-27,29,32H,3,7,14-24H2,1-2H3/t26-,33?/m0/s1. The Morgan fingerprint density at radius 1 is 1.02 bits per heavy atom. The van der Waals surface area contributed by atoms with E-state index in [1.807, 2.05) is 18.2 Å². The van der Waals surface area contributed by atoms with Crippen molar-refractivity contribution in [1.82, 2.24) is 4.90 Å². The largest absolute Gasteiger partial charge is 0.384 e. The lowest BCUT2D eigenvalue weighted by Crippen LogP contribution is -2.53. The third-order valence-electron chi connectivity index (χ3n) is 9.45. The Kier molecular flexibility index (Phi) is 9.19. The molecule has 2 heterocycles. The van der Waals surface area contributed by atoms with Gasteiger partial charge in [0.1, 0.15) is 0 Å². The van der Waals surface area contributed by atoms with Crippen molar-refractivity contribution in [3.05, 3.63) is 60.2 Å². The van der Waals surface area contributed by atoms with E-state index in [1.165, 1.54) is 5.56 Å². The van der Waals surface area contributed by atoms with Gasteiger partial charge in [-0.15, -0.1) is 0 Å². The Labute approximate surface area is 241 Å². The van der Waals surface area contributed by atoms with E-state index in [0.717, 1.165) is 83.4 Å². The number of sulfone groups is 1. The third-order valence-corrected chi connectivity index (χ3v) is 11.7. The van der Waals surface area contributed by atoms with E-state index in [-0.39, 0.29) is 5.25 Å². The van der Waals surface area contributed by atoms with Crippen molar-refractivity contribution >= 4 is 15.5 Å². The number of methoxy groups -OCH3 is 1. The Morgan fingerprint density at radius 2 is 1.70 bits per heavy atom. The first kappa shape index (κ1) is 29.1. The molecule has 40 heavy (non-hydrogen) atoms. The van der Waals surface area contributed by atoms with Gasteiger partial charge in [0.15, 0.2) is 9.84 Å². The average Bonchev–Trinajstić information content (AvgIpc) is 3.81. The van der Waals surface area contributed by atoms with Crippen LogP contribution in [-0.4, -0.2) is 65.0 Å². The number of nitriles is 1. The molecule has 0 N–H and O–H groups in total. The summed E-state index contributed by atoms with van der Waals surface area (Å²) < 4.78 is 30.5. The summed E-state index contributed by atoms with van der Waals surface area (Å²) in [7, 11) is -1.35. The van der Waals surface area contributed by atoms with E-state index >= 15 is 0 Å². The number of ether oxygens (including phenoxy) is 1. The maximum atomic E-state index is 12.5. The summed E-state index contributed by atoms with van der Waals surface area (Å²) in [6, 6.07) is 20.9. The smallest absolute Gasteiger partial charge is 0.181 e. The van der Waals surface area contributed by atoms with E-state index in [1.54, 1.807) is 19.2 Å². The van der Waals surface area contributed by atoms with E-state index in [9.17, 15) is 13.7 Å². The lowest BCUT2D eigenvalue weighted by molar-refractivity contribution is 0.0926. The molecule has 2 aromatic rings. The molecule has 0 aromatic heterocycles. The number of rotatable bonds is 13. The molecule has 1 aliphatic carbocycles. The zero-order valence-electron chi connectivity index (χ0n) is 24.2. The van der Waals surface area contributed by atoms with Gasteiger partial charge in [-0.3, -0.25) is 0 Å². The summed E-state index contributed by atoms with van der Waals surface area (Å²) in [4.78, 5) is 5.41. The second-order valence-corrected chi connectivity index (χ2v) is 14.6. The number of nitrogens with zero attached hydrogens (tertiary/aromatic N) is 3. The molecule has 5 rings (SSSR count). The summed E-state index contributed by atoms with van der Waals surface area (Å²) in [5.74, 6) is 1.35. The number of benzene rings is 2. The third kappa shape index (κ3) is 6.25. The monoisotopic (exact) mass is 563 g/mol. The average molecular weight is 564 g/mol. The van der Waals surface area contributed by atoms with Crippen molar-refractivity contribution in [2.75, 3.05) is 51.3 Å². The van der Waals surface area contributed by atoms with Gasteiger partial charge in [-0.05, 0) is 93.3 Å². The topological polar surface area (TPSA) is 73.6 Å². The zero-order chi connectivity index (χ0) is 28.2. The van der Waals surface area contributed by atoms with Crippen LogP contribution in [0.5, 0.6) is 0 Å². The summed E-state index contributed by atoms with van der Waals surface area (Å²) >= 11 is 0.